The molecule has 0 aromatic heterocycles. The molecule has 1 unspecified atom stereocenters. The Kier molecular flexibility index (Phi) is 6.37. The topological polar surface area (TPSA) is 116 Å². The fraction of sp³-hybridized carbons (Fsp3) is 0.348. The van der Waals surface area contributed by atoms with Crippen molar-refractivity contribution in [1.82, 2.24) is 15.1 Å². The molecule has 0 spiro atoms. The molecule has 10 heteroatoms. The van der Waals surface area contributed by atoms with Gasteiger partial charge in [-0.3, -0.25) is 19.2 Å². The fourth-order valence-corrected chi connectivity index (χ4v) is 5.22. The summed E-state index contributed by atoms with van der Waals surface area (Å²) >= 11 is 0. The molecule has 9 nitrogen and oxygen atoms in total. The van der Waals surface area contributed by atoms with E-state index in [1.807, 2.05) is 0 Å². The van der Waals surface area contributed by atoms with Gasteiger partial charge in [-0.15, -0.1) is 0 Å². The molecular formula is C23H26N4O5S. The predicted molar refractivity (Wildman–Crippen MR) is 122 cm³/mol. The third-order valence-corrected chi connectivity index (χ3v) is 7.22. The predicted octanol–water partition coefficient (Wildman–Crippen LogP) is 2.09. The van der Waals surface area contributed by atoms with Crippen LogP contribution in [0.1, 0.15) is 30.9 Å². The fourth-order valence-electron chi connectivity index (χ4n) is 4.18. The second-order valence-corrected chi connectivity index (χ2v) is 9.92. The van der Waals surface area contributed by atoms with Gasteiger partial charge in [0.15, 0.2) is 0 Å². The first kappa shape index (κ1) is 22.8. The minimum Gasteiger partial charge on any atom is -0.356 e. The lowest BCUT2D eigenvalue weighted by Gasteiger charge is -2.16. The van der Waals surface area contributed by atoms with Crippen molar-refractivity contribution in [2.75, 3.05) is 17.8 Å². The molecule has 2 saturated heterocycles. The molecule has 1 atom stereocenters. The van der Waals surface area contributed by atoms with Crippen LogP contribution in [0, 0.1) is 0 Å². The summed E-state index contributed by atoms with van der Waals surface area (Å²) in [5.41, 5.74) is 1.92. The first-order valence-corrected chi connectivity index (χ1v) is 12.3. The van der Waals surface area contributed by atoms with Gasteiger partial charge in [-0.25, -0.2) is 13.2 Å². The van der Waals surface area contributed by atoms with E-state index in [2.05, 4.69) is 10.0 Å². The smallest absolute Gasteiger partial charge is 0.327 e. The Hall–Kier alpha value is -3.40. The van der Waals surface area contributed by atoms with Crippen LogP contribution in [0.15, 0.2) is 53.4 Å². The molecule has 4 amide bonds. The van der Waals surface area contributed by atoms with Crippen molar-refractivity contribution in [1.29, 1.82) is 0 Å². The molecule has 33 heavy (non-hydrogen) atoms. The summed E-state index contributed by atoms with van der Waals surface area (Å²) in [5.74, 6) is -0.304. The van der Waals surface area contributed by atoms with Crippen LogP contribution in [0.4, 0.5) is 10.5 Å². The number of hydrogen-bond donors (Lipinski definition) is 2. The Bertz CT molecular complexity index is 1160. The van der Waals surface area contributed by atoms with Crippen molar-refractivity contribution in [3.8, 4) is 0 Å². The number of anilines is 1. The minimum atomic E-state index is -3.82. The molecule has 2 heterocycles. The Morgan fingerprint density at radius 3 is 2.55 bits per heavy atom. The molecular weight excluding hydrogens is 444 g/mol. The highest BCUT2D eigenvalue weighted by molar-refractivity contribution is 7.92. The normalized spacial score (nSPS) is 17.9. The Labute approximate surface area is 192 Å². The second kappa shape index (κ2) is 9.22. The third kappa shape index (κ3) is 5.00. The number of hydrogen-bond acceptors (Lipinski definition) is 5. The molecule has 174 valence electrons. The van der Waals surface area contributed by atoms with E-state index in [1.54, 1.807) is 41.3 Å². The minimum absolute atomic E-state index is 0.100. The molecule has 4 rings (SSSR count). The van der Waals surface area contributed by atoms with E-state index in [1.165, 1.54) is 24.0 Å². The van der Waals surface area contributed by atoms with E-state index in [0.717, 1.165) is 12.0 Å². The van der Waals surface area contributed by atoms with Crippen molar-refractivity contribution < 1.29 is 22.8 Å². The van der Waals surface area contributed by atoms with Crippen molar-refractivity contribution in [3.63, 3.8) is 0 Å². The lowest BCUT2D eigenvalue weighted by molar-refractivity contribution is -0.128. The average Bonchev–Trinajstić information content (AvgIpc) is 3.34. The monoisotopic (exact) mass is 470 g/mol. The van der Waals surface area contributed by atoms with Gasteiger partial charge < -0.3 is 10.2 Å². The first-order chi connectivity index (χ1) is 15.7. The van der Waals surface area contributed by atoms with E-state index >= 15 is 0 Å². The lowest BCUT2D eigenvalue weighted by atomic mass is 10.1. The van der Waals surface area contributed by atoms with Crippen LogP contribution in [-0.4, -0.2) is 55.2 Å². The van der Waals surface area contributed by atoms with Gasteiger partial charge in [-0.1, -0.05) is 24.3 Å². The van der Waals surface area contributed by atoms with Crippen LogP contribution in [0.25, 0.3) is 0 Å². The van der Waals surface area contributed by atoms with Crippen LogP contribution in [0.3, 0.4) is 0 Å². The Morgan fingerprint density at radius 1 is 1.09 bits per heavy atom. The summed E-state index contributed by atoms with van der Waals surface area (Å²) in [5, 5.41) is 2.70. The number of amides is 4. The molecule has 0 saturated carbocycles. The van der Waals surface area contributed by atoms with Gasteiger partial charge in [0.2, 0.25) is 5.91 Å². The van der Waals surface area contributed by atoms with Crippen molar-refractivity contribution in [2.45, 2.75) is 43.7 Å². The van der Waals surface area contributed by atoms with Crippen LogP contribution in [0.5, 0.6) is 0 Å². The standard InChI is InChI=1S/C23H26N4O5S/c1-16(28)24-12-11-17-7-9-20(10-8-17)33(31,32)25-19-5-2-4-18(14-19)15-27-22(29)21-6-3-13-26(21)23(27)30/h2,4-5,7-10,14,21,25H,3,6,11-13,15H2,1H3,(H,24,28). The summed E-state index contributed by atoms with van der Waals surface area (Å²) < 4.78 is 28.2. The molecule has 2 N–H and O–H groups in total. The summed E-state index contributed by atoms with van der Waals surface area (Å²) in [6.45, 7) is 2.62. The zero-order valence-electron chi connectivity index (χ0n) is 18.3. The Balaban J connectivity index is 1.42. The van der Waals surface area contributed by atoms with Crippen LogP contribution >= 0.6 is 0 Å². The summed E-state index contributed by atoms with van der Waals surface area (Å²) in [6, 6.07) is 12.5. The molecule has 2 aromatic rings. The van der Waals surface area contributed by atoms with Gasteiger partial charge in [0.25, 0.3) is 15.9 Å². The van der Waals surface area contributed by atoms with Gasteiger partial charge in [-0.2, -0.15) is 0 Å². The number of benzene rings is 2. The summed E-state index contributed by atoms with van der Waals surface area (Å²) in [4.78, 5) is 39.0. The number of carbonyl (C=O) groups excluding carboxylic acids is 3. The molecule has 2 aliphatic rings. The van der Waals surface area contributed by atoms with Crippen LogP contribution in [-0.2, 0) is 32.6 Å². The highest BCUT2D eigenvalue weighted by Gasteiger charge is 2.47. The maximum absolute atomic E-state index is 12.8. The van der Waals surface area contributed by atoms with E-state index in [-0.39, 0.29) is 35.3 Å². The molecule has 0 radical (unpaired) electrons. The number of carbonyl (C=O) groups is 3. The van der Waals surface area contributed by atoms with Crippen molar-refractivity contribution >= 4 is 33.6 Å². The maximum atomic E-state index is 12.8. The van der Waals surface area contributed by atoms with Gasteiger partial charge in [0, 0.05) is 25.7 Å². The number of sulfonamides is 1. The highest BCUT2D eigenvalue weighted by atomic mass is 32.2. The number of nitrogens with one attached hydrogen (secondary N) is 2. The molecule has 0 aliphatic carbocycles. The van der Waals surface area contributed by atoms with Crippen molar-refractivity contribution in [3.05, 3.63) is 59.7 Å². The van der Waals surface area contributed by atoms with Crippen LogP contribution in [0.2, 0.25) is 0 Å². The first-order valence-electron chi connectivity index (χ1n) is 10.8. The SMILES string of the molecule is CC(=O)NCCc1ccc(S(=O)(=O)Nc2cccc(CN3C(=O)C4CCCN4C3=O)c2)cc1. The highest BCUT2D eigenvalue weighted by Crippen LogP contribution is 2.29. The maximum Gasteiger partial charge on any atom is 0.327 e. The Morgan fingerprint density at radius 2 is 1.85 bits per heavy atom. The van der Waals surface area contributed by atoms with Crippen molar-refractivity contribution in [2.24, 2.45) is 0 Å². The van der Waals surface area contributed by atoms with Crippen LogP contribution < -0.4 is 10.0 Å². The number of urea groups is 1. The zero-order valence-corrected chi connectivity index (χ0v) is 19.1. The average molecular weight is 471 g/mol. The molecule has 0 bridgehead atoms. The van der Waals surface area contributed by atoms with E-state index in [0.29, 0.717) is 37.2 Å². The van der Waals surface area contributed by atoms with Gasteiger partial charge >= 0.3 is 6.03 Å². The van der Waals surface area contributed by atoms with Gasteiger partial charge in [0.1, 0.15) is 6.04 Å². The number of fused-ring (bicyclic) bond motifs is 1. The summed E-state index contributed by atoms with van der Waals surface area (Å²) in [7, 11) is -3.82. The molecule has 2 aliphatic heterocycles. The largest absolute Gasteiger partial charge is 0.356 e. The second-order valence-electron chi connectivity index (χ2n) is 8.24. The number of imide groups is 1. The molecule has 2 aromatic carbocycles. The number of rotatable bonds is 8. The summed E-state index contributed by atoms with van der Waals surface area (Å²) in [6.07, 6.45) is 2.12. The van der Waals surface area contributed by atoms with E-state index in [9.17, 15) is 22.8 Å². The molecule has 2 fully saturated rings. The lowest BCUT2D eigenvalue weighted by Crippen LogP contribution is -2.32. The van der Waals surface area contributed by atoms with E-state index in [4.69, 9.17) is 0 Å². The zero-order chi connectivity index (χ0) is 23.6. The van der Waals surface area contributed by atoms with E-state index < -0.39 is 10.0 Å². The number of nitrogens with zero attached hydrogens (tertiary/aromatic N) is 2. The third-order valence-electron chi connectivity index (χ3n) is 5.82. The quantitative estimate of drug-likeness (QED) is 0.573. The van der Waals surface area contributed by atoms with Gasteiger partial charge in [0.05, 0.1) is 11.4 Å². The van der Waals surface area contributed by atoms with Gasteiger partial charge in [-0.05, 0) is 54.7 Å².